The molecule has 3 aromatic carbocycles. The van der Waals surface area contributed by atoms with Gasteiger partial charge in [0.1, 0.15) is 6.04 Å². The molecule has 172 valence electrons. The van der Waals surface area contributed by atoms with E-state index in [2.05, 4.69) is 35.3 Å². The van der Waals surface area contributed by atoms with Crippen molar-refractivity contribution in [1.82, 2.24) is 15.1 Å². The van der Waals surface area contributed by atoms with Crippen LogP contribution in [0, 0.1) is 6.92 Å². The second-order valence-electron chi connectivity index (χ2n) is 8.78. The maximum atomic E-state index is 11.6. The van der Waals surface area contributed by atoms with Gasteiger partial charge < -0.3 is 9.52 Å². The summed E-state index contributed by atoms with van der Waals surface area (Å²) in [6.45, 7) is 3.45. The van der Waals surface area contributed by atoms with E-state index in [4.69, 9.17) is 4.42 Å². The summed E-state index contributed by atoms with van der Waals surface area (Å²) in [4.78, 5) is 13.7. The lowest BCUT2D eigenvalue weighted by atomic mass is 9.96. The molecule has 4 aromatic rings. The lowest BCUT2D eigenvalue weighted by molar-refractivity contribution is -0.144. The van der Waals surface area contributed by atoms with Gasteiger partial charge in [0, 0.05) is 17.7 Å². The first-order valence-corrected chi connectivity index (χ1v) is 11.7. The zero-order valence-corrected chi connectivity index (χ0v) is 19.1. The number of carbonyl (C=O) groups is 1. The third-order valence-corrected chi connectivity index (χ3v) is 6.53. The number of piperidine rings is 1. The minimum atomic E-state index is -0.745. The molecule has 6 heteroatoms. The van der Waals surface area contributed by atoms with Gasteiger partial charge in [-0.3, -0.25) is 9.69 Å². The normalized spacial score (nSPS) is 16.4. The zero-order chi connectivity index (χ0) is 23.5. The SMILES string of the molecule is Cc1c(-c2ccccc2)cccc1-c1nnc(-c2cccc(CN3CCCCC3C(=O)O)c2)o1. The third kappa shape index (κ3) is 4.50. The Morgan fingerprint density at radius 3 is 2.50 bits per heavy atom. The van der Waals surface area contributed by atoms with Crippen molar-refractivity contribution < 1.29 is 14.3 Å². The monoisotopic (exact) mass is 453 g/mol. The Kier molecular flexibility index (Phi) is 6.23. The van der Waals surface area contributed by atoms with E-state index in [1.807, 2.05) is 59.5 Å². The van der Waals surface area contributed by atoms with E-state index in [1.165, 1.54) is 0 Å². The summed E-state index contributed by atoms with van der Waals surface area (Å²) in [6.07, 6.45) is 2.69. The molecule has 5 rings (SSSR count). The average molecular weight is 454 g/mol. The van der Waals surface area contributed by atoms with Gasteiger partial charge >= 0.3 is 5.97 Å². The highest BCUT2D eigenvalue weighted by Gasteiger charge is 2.28. The summed E-state index contributed by atoms with van der Waals surface area (Å²) < 4.78 is 6.10. The summed E-state index contributed by atoms with van der Waals surface area (Å²) in [5.74, 6) is 0.193. The van der Waals surface area contributed by atoms with E-state index in [1.54, 1.807) is 0 Å². The second kappa shape index (κ2) is 9.61. The number of likely N-dealkylation sites (tertiary alicyclic amines) is 1. The Morgan fingerprint density at radius 1 is 0.941 bits per heavy atom. The van der Waals surface area contributed by atoms with Crippen LogP contribution in [0.2, 0.25) is 0 Å². The topological polar surface area (TPSA) is 79.5 Å². The predicted molar refractivity (Wildman–Crippen MR) is 131 cm³/mol. The van der Waals surface area contributed by atoms with E-state index in [0.717, 1.165) is 52.8 Å². The summed E-state index contributed by atoms with van der Waals surface area (Å²) in [5, 5.41) is 18.2. The number of aliphatic carboxylic acids is 1. The predicted octanol–water partition coefficient (Wildman–Crippen LogP) is 5.82. The first-order chi connectivity index (χ1) is 16.6. The molecule has 0 spiro atoms. The number of hydrogen-bond acceptors (Lipinski definition) is 5. The molecule has 1 N–H and O–H groups in total. The van der Waals surface area contributed by atoms with Crippen molar-refractivity contribution in [2.45, 2.75) is 38.8 Å². The molecule has 1 aromatic heterocycles. The first kappa shape index (κ1) is 22.0. The van der Waals surface area contributed by atoms with Crippen molar-refractivity contribution in [2.24, 2.45) is 0 Å². The Morgan fingerprint density at radius 2 is 1.68 bits per heavy atom. The van der Waals surface area contributed by atoms with Gasteiger partial charge in [0.15, 0.2) is 0 Å². The number of rotatable bonds is 6. The molecule has 1 aliphatic rings. The fourth-order valence-electron chi connectivity index (χ4n) is 4.74. The standard InChI is InChI=1S/C28H27N3O3/c1-19-23(21-10-3-2-4-11-21)13-8-14-24(19)27-30-29-26(34-27)22-12-7-9-20(17-22)18-31-16-6-5-15-25(31)28(32)33/h2-4,7-14,17,25H,5-6,15-16,18H2,1H3,(H,32,33). The summed E-state index contributed by atoms with van der Waals surface area (Å²) in [5.41, 5.74) is 6.14. The smallest absolute Gasteiger partial charge is 0.320 e. The van der Waals surface area contributed by atoms with Crippen molar-refractivity contribution in [3.05, 3.63) is 83.9 Å². The van der Waals surface area contributed by atoms with Crippen LogP contribution in [-0.4, -0.2) is 38.8 Å². The molecule has 0 bridgehead atoms. The maximum absolute atomic E-state index is 11.6. The van der Waals surface area contributed by atoms with Gasteiger partial charge in [0.05, 0.1) is 0 Å². The highest BCUT2D eigenvalue weighted by molar-refractivity contribution is 5.75. The van der Waals surface area contributed by atoms with Crippen molar-refractivity contribution in [1.29, 1.82) is 0 Å². The summed E-state index contributed by atoms with van der Waals surface area (Å²) in [7, 11) is 0. The number of nitrogens with zero attached hydrogens (tertiary/aromatic N) is 3. The largest absolute Gasteiger partial charge is 0.480 e. The van der Waals surface area contributed by atoms with Crippen molar-refractivity contribution in [3.8, 4) is 34.0 Å². The van der Waals surface area contributed by atoms with Crippen LogP contribution in [-0.2, 0) is 11.3 Å². The molecule has 1 unspecified atom stereocenters. The third-order valence-electron chi connectivity index (χ3n) is 6.53. The molecule has 34 heavy (non-hydrogen) atoms. The first-order valence-electron chi connectivity index (χ1n) is 11.7. The van der Waals surface area contributed by atoms with E-state index >= 15 is 0 Å². The number of hydrogen-bond donors (Lipinski definition) is 1. The van der Waals surface area contributed by atoms with Gasteiger partial charge in [-0.05, 0) is 66.8 Å². The number of carboxylic acid groups (broad SMARTS) is 1. The van der Waals surface area contributed by atoms with E-state index in [-0.39, 0.29) is 0 Å². The highest BCUT2D eigenvalue weighted by Crippen LogP contribution is 2.32. The minimum Gasteiger partial charge on any atom is -0.480 e. The molecule has 1 atom stereocenters. The quantitative estimate of drug-likeness (QED) is 0.396. The number of carboxylic acids is 1. The van der Waals surface area contributed by atoms with Crippen LogP contribution >= 0.6 is 0 Å². The van der Waals surface area contributed by atoms with Crippen molar-refractivity contribution in [3.63, 3.8) is 0 Å². The Labute approximate surface area is 198 Å². The Hall–Kier alpha value is -3.77. The van der Waals surface area contributed by atoms with Gasteiger partial charge in [0.25, 0.3) is 0 Å². The second-order valence-corrected chi connectivity index (χ2v) is 8.78. The number of benzene rings is 3. The lowest BCUT2D eigenvalue weighted by Crippen LogP contribution is -2.43. The van der Waals surface area contributed by atoms with Crippen LogP contribution in [0.5, 0.6) is 0 Å². The molecule has 2 heterocycles. The molecule has 0 radical (unpaired) electrons. The van der Waals surface area contributed by atoms with Crippen LogP contribution in [0.25, 0.3) is 34.0 Å². The fraction of sp³-hybridized carbons (Fsp3) is 0.250. The van der Waals surface area contributed by atoms with Crippen LogP contribution < -0.4 is 0 Å². The molecule has 0 amide bonds. The van der Waals surface area contributed by atoms with Crippen molar-refractivity contribution in [2.75, 3.05) is 6.54 Å². The zero-order valence-electron chi connectivity index (χ0n) is 19.1. The van der Waals surface area contributed by atoms with Crippen LogP contribution in [0.15, 0.2) is 77.2 Å². The molecule has 1 fully saturated rings. The average Bonchev–Trinajstić information content (AvgIpc) is 3.35. The van der Waals surface area contributed by atoms with Gasteiger partial charge in [-0.15, -0.1) is 10.2 Å². The fourth-order valence-corrected chi connectivity index (χ4v) is 4.74. The van der Waals surface area contributed by atoms with Gasteiger partial charge in [-0.2, -0.15) is 0 Å². The molecule has 0 saturated carbocycles. The van der Waals surface area contributed by atoms with Crippen LogP contribution in [0.3, 0.4) is 0 Å². The van der Waals surface area contributed by atoms with Gasteiger partial charge in [-0.25, -0.2) is 0 Å². The molecule has 0 aliphatic carbocycles. The van der Waals surface area contributed by atoms with Crippen molar-refractivity contribution >= 4 is 5.97 Å². The summed E-state index contributed by atoms with van der Waals surface area (Å²) in [6, 6.07) is 23.9. The van der Waals surface area contributed by atoms with E-state index in [9.17, 15) is 9.90 Å². The lowest BCUT2D eigenvalue weighted by Gasteiger charge is -2.32. The molecular formula is C28H27N3O3. The summed E-state index contributed by atoms with van der Waals surface area (Å²) >= 11 is 0. The molecule has 1 aliphatic heterocycles. The van der Waals surface area contributed by atoms with Gasteiger partial charge in [-0.1, -0.05) is 61.0 Å². The van der Waals surface area contributed by atoms with Crippen LogP contribution in [0.1, 0.15) is 30.4 Å². The molecular weight excluding hydrogens is 426 g/mol. The number of aromatic nitrogens is 2. The Balaban J connectivity index is 1.40. The van der Waals surface area contributed by atoms with Gasteiger partial charge in [0.2, 0.25) is 11.8 Å². The minimum absolute atomic E-state index is 0.424. The van der Waals surface area contributed by atoms with E-state index < -0.39 is 12.0 Å². The van der Waals surface area contributed by atoms with E-state index in [0.29, 0.717) is 24.7 Å². The molecule has 6 nitrogen and oxygen atoms in total. The maximum Gasteiger partial charge on any atom is 0.320 e. The molecule has 1 saturated heterocycles. The highest BCUT2D eigenvalue weighted by atomic mass is 16.4. The Bertz CT molecular complexity index is 1300. The van der Waals surface area contributed by atoms with Crippen LogP contribution in [0.4, 0.5) is 0 Å².